The quantitative estimate of drug-likeness (QED) is 0.802. The van der Waals surface area contributed by atoms with Crippen LogP contribution in [0, 0.1) is 0 Å². The Morgan fingerprint density at radius 3 is 2.57 bits per heavy atom. The van der Waals surface area contributed by atoms with Gasteiger partial charge in [0, 0.05) is 22.8 Å². The van der Waals surface area contributed by atoms with E-state index in [-0.39, 0.29) is 16.1 Å². The first kappa shape index (κ1) is 16.4. The van der Waals surface area contributed by atoms with Crippen molar-refractivity contribution in [3.63, 3.8) is 0 Å². The lowest BCUT2D eigenvalue weighted by Gasteiger charge is -2.08. The minimum Gasteiger partial charge on any atom is -0.352 e. The molecule has 0 unspecified atom stereocenters. The van der Waals surface area contributed by atoms with Gasteiger partial charge >= 0.3 is 0 Å². The maximum Gasteiger partial charge on any atom is 0.252 e. The minimum absolute atomic E-state index is 0.213. The molecule has 0 fully saturated rings. The molecule has 1 heterocycles. The SMILES string of the molecule is O=C(NCCc1ccc(Cl)cc1Cl)c1cc(Cl)ncc1Cl. The Hall–Kier alpha value is -1.00. The molecular weight excluding hydrogens is 354 g/mol. The van der Waals surface area contributed by atoms with E-state index in [1.165, 1.54) is 12.3 Å². The van der Waals surface area contributed by atoms with Crippen LogP contribution in [0.4, 0.5) is 0 Å². The molecule has 0 radical (unpaired) electrons. The molecule has 0 saturated heterocycles. The first-order valence-corrected chi connectivity index (χ1v) is 7.51. The lowest BCUT2D eigenvalue weighted by atomic mass is 10.1. The van der Waals surface area contributed by atoms with E-state index in [0.29, 0.717) is 28.6 Å². The normalized spacial score (nSPS) is 10.5. The summed E-state index contributed by atoms with van der Waals surface area (Å²) in [5.74, 6) is -0.311. The smallest absolute Gasteiger partial charge is 0.252 e. The van der Waals surface area contributed by atoms with Crippen LogP contribution in [0.3, 0.4) is 0 Å². The van der Waals surface area contributed by atoms with E-state index in [2.05, 4.69) is 10.3 Å². The number of hydrogen-bond acceptors (Lipinski definition) is 2. The molecule has 1 aromatic heterocycles. The Morgan fingerprint density at radius 2 is 1.86 bits per heavy atom. The Labute approximate surface area is 142 Å². The fraction of sp³-hybridized carbons (Fsp3) is 0.143. The fourth-order valence-corrected chi connectivity index (χ4v) is 2.57. The van der Waals surface area contributed by atoms with Crippen molar-refractivity contribution in [1.29, 1.82) is 0 Å². The first-order valence-electron chi connectivity index (χ1n) is 6.00. The van der Waals surface area contributed by atoms with Gasteiger partial charge in [-0.25, -0.2) is 4.98 Å². The van der Waals surface area contributed by atoms with E-state index < -0.39 is 0 Å². The molecule has 1 aromatic carbocycles. The standard InChI is InChI=1S/C14H10Cl4N2O/c15-9-2-1-8(11(16)5-9)3-4-19-14(21)10-6-13(18)20-7-12(10)17/h1-2,5-7H,3-4H2,(H,19,21). The summed E-state index contributed by atoms with van der Waals surface area (Å²) in [7, 11) is 0. The van der Waals surface area contributed by atoms with Crippen LogP contribution in [0.15, 0.2) is 30.5 Å². The van der Waals surface area contributed by atoms with Crippen molar-refractivity contribution < 1.29 is 4.79 Å². The Kier molecular flexibility index (Phi) is 5.71. The average Bonchev–Trinajstić information content (AvgIpc) is 2.43. The summed E-state index contributed by atoms with van der Waals surface area (Å²) < 4.78 is 0. The second kappa shape index (κ2) is 7.32. The Balaban J connectivity index is 1.97. The van der Waals surface area contributed by atoms with Gasteiger partial charge in [-0.1, -0.05) is 52.5 Å². The van der Waals surface area contributed by atoms with Crippen molar-refractivity contribution in [1.82, 2.24) is 10.3 Å². The minimum atomic E-state index is -0.311. The molecule has 0 bridgehead atoms. The second-order valence-corrected chi connectivity index (χ2v) is 5.87. The molecule has 1 N–H and O–H groups in total. The lowest BCUT2D eigenvalue weighted by molar-refractivity contribution is 0.0954. The van der Waals surface area contributed by atoms with E-state index in [1.807, 2.05) is 6.07 Å². The van der Waals surface area contributed by atoms with Gasteiger partial charge in [0.1, 0.15) is 5.15 Å². The molecule has 1 amide bonds. The van der Waals surface area contributed by atoms with E-state index in [0.717, 1.165) is 5.56 Å². The first-order chi connectivity index (χ1) is 9.97. The Bertz CT molecular complexity index is 676. The van der Waals surface area contributed by atoms with Crippen molar-refractivity contribution in [3.05, 3.63) is 61.8 Å². The molecule has 2 rings (SSSR count). The number of aromatic nitrogens is 1. The molecular formula is C14H10Cl4N2O. The zero-order chi connectivity index (χ0) is 15.4. The lowest BCUT2D eigenvalue weighted by Crippen LogP contribution is -2.26. The third-order valence-electron chi connectivity index (χ3n) is 2.76. The number of benzene rings is 1. The predicted molar refractivity (Wildman–Crippen MR) is 86.8 cm³/mol. The summed E-state index contributed by atoms with van der Waals surface area (Å²) in [6.07, 6.45) is 1.92. The van der Waals surface area contributed by atoms with Gasteiger partial charge in [-0.15, -0.1) is 0 Å². The number of rotatable bonds is 4. The number of nitrogens with one attached hydrogen (secondary N) is 1. The van der Waals surface area contributed by atoms with Crippen LogP contribution in [0.2, 0.25) is 20.2 Å². The van der Waals surface area contributed by atoms with Gasteiger partial charge in [0.15, 0.2) is 0 Å². The molecule has 7 heteroatoms. The number of carbonyl (C=O) groups is 1. The van der Waals surface area contributed by atoms with Crippen LogP contribution >= 0.6 is 46.4 Å². The number of carbonyl (C=O) groups excluding carboxylic acids is 1. The second-order valence-electron chi connectivity index (χ2n) is 4.23. The average molecular weight is 364 g/mol. The number of nitrogens with zero attached hydrogens (tertiary/aromatic N) is 1. The monoisotopic (exact) mass is 362 g/mol. The molecule has 0 aliphatic carbocycles. The molecule has 2 aromatic rings. The van der Waals surface area contributed by atoms with Gasteiger partial charge in [0.05, 0.1) is 10.6 Å². The van der Waals surface area contributed by atoms with E-state index in [9.17, 15) is 4.79 Å². The van der Waals surface area contributed by atoms with E-state index in [4.69, 9.17) is 46.4 Å². The number of halogens is 4. The van der Waals surface area contributed by atoms with Gasteiger partial charge in [-0.05, 0) is 30.2 Å². The van der Waals surface area contributed by atoms with E-state index >= 15 is 0 Å². The van der Waals surface area contributed by atoms with E-state index in [1.54, 1.807) is 12.1 Å². The maximum atomic E-state index is 12.0. The van der Waals surface area contributed by atoms with Crippen molar-refractivity contribution >= 4 is 52.3 Å². The van der Waals surface area contributed by atoms with Crippen LogP contribution in [-0.2, 0) is 6.42 Å². The fourth-order valence-electron chi connectivity index (χ4n) is 1.72. The molecule has 21 heavy (non-hydrogen) atoms. The summed E-state index contributed by atoms with van der Waals surface area (Å²) >= 11 is 23.5. The summed E-state index contributed by atoms with van der Waals surface area (Å²) in [5.41, 5.74) is 1.19. The van der Waals surface area contributed by atoms with Crippen molar-refractivity contribution in [2.45, 2.75) is 6.42 Å². The predicted octanol–water partition coefficient (Wildman–Crippen LogP) is 4.67. The third-order valence-corrected chi connectivity index (χ3v) is 3.86. The van der Waals surface area contributed by atoms with Crippen LogP contribution in [-0.4, -0.2) is 17.4 Å². The van der Waals surface area contributed by atoms with Crippen LogP contribution in [0.25, 0.3) is 0 Å². The zero-order valence-corrected chi connectivity index (χ0v) is 13.7. The molecule has 3 nitrogen and oxygen atoms in total. The van der Waals surface area contributed by atoms with Gasteiger partial charge < -0.3 is 5.32 Å². The molecule has 110 valence electrons. The largest absolute Gasteiger partial charge is 0.352 e. The summed E-state index contributed by atoms with van der Waals surface area (Å²) in [6.45, 7) is 0.413. The highest BCUT2D eigenvalue weighted by atomic mass is 35.5. The van der Waals surface area contributed by atoms with Crippen LogP contribution < -0.4 is 5.32 Å². The summed E-state index contributed by atoms with van der Waals surface area (Å²) in [4.78, 5) is 15.8. The molecule has 0 atom stereocenters. The number of amides is 1. The molecule has 0 saturated carbocycles. The third kappa shape index (κ3) is 4.48. The van der Waals surface area contributed by atoms with Gasteiger partial charge in [0.2, 0.25) is 0 Å². The highest BCUT2D eigenvalue weighted by Crippen LogP contribution is 2.21. The van der Waals surface area contributed by atoms with Crippen LogP contribution in [0.1, 0.15) is 15.9 Å². The van der Waals surface area contributed by atoms with Crippen LogP contribution in [0.5, 0.6) is 0 Å². The van der Waals surface area contributed by atoms with Crippen molar-refractivity contribution in [2.75, 3.05) is 6.54 Å². The van der Waals surface area contributed by atoms with Crippen molar-refractivity contribution in [3.8, 4) is 0 Å². The van der Waals surface area contributed by atoms with Gasteiger partial charge in [-0.2, -0.15) is 0 Å². The highest BCUT2D eigenvalue weighted by Gasteiger charge is 2.11. The van der Waals surface area contributed by atoms with Crippen molar-refractivity contribution in [2.24, 2.45) is 0 Å². The summed E-state index contributed by atoms with van der Waals surface area (Å²) in [6, 6.07) is 6.67. The Morgan fingerprint density at radius 1 is 1.10 bits per heavy atom. The number of hydrogen-bond donors (Lipinski definition) is 1. The molecule has 0 aliphatic heterocycles. The molecule has 0 spiro atoms. The van der Waals surface area contributed by atoms with Gasteiger partial charge in [-0.3, -0.25) is 4.79 Å². The highest BCUT2D eigenvalue weighted by molar-refractivity contribution is 6.35. The molecule has 0 aliphatic rings. The summed E-state index contributed by atoms with van der Waals surface area (Å²) in [5, 5.41) is 4.37. The number of pyridine rings is 1. The van der Waals surface area contributed by atoms with Gasteiger partial charge in [0.25, 0.3) is 5.91 Å². The topological polar surface area (TPSA) is 42.0 Å². The maximum absolute atomic E-state index is 12.0. The zero-order valence-electron chi connectivity index (χ0n) is 10.7.